The number of amides is 1. The van der Waals surface area contributed by atoms with Gasteiger partial charge in [-0.25, -0.2) is 0 Å². The zero-order valence-corrected chi connectivity index (χ0v) is 12.1. The first-order chi connectivity index (χ1) is 10.2. The van der Waals surface area contributed by atoms with E-state index in [9.17, 15) is 4.79 Å². The van der Waals surface area contributed by atoms with E-state index in [2.05, 4.69) is 10.3 Å². The molecule has 0 aliphatic heterocycles. The summed E-state index contributed by atoms with van der Waals surface area (Å²) in [4.78, 5) is 15.4. The van der Waals surface area contributed by atoms with Crippen LogP contribution in [0.4, 0.5) is 5.69 Å². The standard InChI is InChI=1S/C16H13ClN2O2/c1-21-15-8-10(6-7-13(15)17)19-16(20)12-9-18-14-5-3-2-4-11(12)14/h2-9,18H,1H3,(H,19,20). The van der Waals surface area contributed by atoms with Gasteiger partial charge in [-0.1, -0.05) is 29.8 Å². The summed E-state index contributed by atoms with van der Waals surface area (Å²) in [6.07, 6.45) is 1.70. The summed E-state index contributed by atoms with van der Waals surface area (Å²) in [7, 11) is 1.53. The van der Waals surface area contributed by atoms with E-state index in [-0.39, 0.29) is 5.91 Å². The highest BCUT2D eigenvalue weighted by Crippen LogP contribution is 2.28. The highest BCUT2D eigenvalue weighted by Gasteiger charge is 2.12. The van der Waals surface area contributed by atoms with Crippen molar-refractivity contribution in [2.45, 2.75) is 0 Å². The lowest BCUT2D eigenvalue weighted by molar-refractivity contribution is 0.102. The molecule has 0 saturated carbocycles. The first kappa shape index (κ1) is 13.5. The summed E-state index contributed by atoms with van der Waals surface area (Å²) in [5.41, 5.74) is 2.15. The maximum absolute atomic E-state index is 12.4. The van der Waals surface area contributed by atoms with Gasteiger partial charge in [0, 0.05) is 28.9 Å². The molecule has 0 fully saturated rings. The van der Waals surface area contributed by atoms with Gasteiger partial charge in [-0.3, -0.25) is 4.79 Å². The largest absolute Gasteiger partial charge is 0.495 e. The van der Waals surface area contributed by atoms with Crippen LogP contribution < -0.4 is 10.1 Å². The first-order valence-electron chi connectivity index (χ1n) is 6.40. The second kappa shape index (κ2) is 5.50. The highest BCUT2D eigenvalue weighted by atomic mass is 35.5. The number of para-hydroxylation sites is 1. The molecule has 0 bridgehead atoms. The summed E-state index contributed by atoms with van der Waals surface area (Å²) in [5.74, 6) is 0.338. The fraction of sp³-hybridized carbons (Fsp3) is 0.0625. The van der Waals surface area contributed by atoms with E-state index in [1.54, 1.807) is 24.4 Å². The summed E-state index contributed by atoms with van der Waals surface area (Å²) in [6, 6.07) is 12.8. The Bertz CT molecular complexity index is 811. The van der Waals surface area contributed by atoms with Crippen LogP contribution in [0.2, 0.25) is 5.02 Å². The number of H-pyrrole nitrogens is 1. The third kappa shape index (κ3) is 2.58. The third-order valence-electron chi connectivity index (χ3n) is 3.24. The Hall–Kier alpha value is -2.46. The van der Waals surface area contributed by atoms with E-state index in [1.165, 1.54) is 7.11 Å². The van der Waals surface area contributed by atoms with Gasteiger partial charge < -0.3 is 15.0 Å². The number of halogens is 1. The molecule has 1 heterocycles. The Balaban J connectivity index is 1.89. The van der Waals surface area contributed by atoms with Crippen molar-refractivity contribution in [2.75, 3.05) is 12.4 Å². The molecule has 2 aromatic carbocycles. The van der Waals surface area contributed by atoms with Gasteiger partial charge >= 0.3 is 0 Å². The molecule has 5 heteroatoms. The number of ether oxygens (including phenoxy) is 1. The van der Waals surface area contributed by atoms with Crippen molar-refractivity contribution in [3.63, 3.8) is 0 Å². The second-order valence-electron chi connectivity index (χ2n) is 4.55. The molecule has 3 rings (SSSR count). The Morgan fingerprint density at radius 2 is 2.05 bits per heavy atom. The van der Waals surface area contributed by atoms with E-state index >= 15 is 0 Å². The van der Waals surface area contributed by atoms with Gasteiger partial charge in [0.25, 0.3) is 5.91 Å². The number of aromatic amines is 1. The molecule has 1 aromatic heterocycles. The fourth-order valence-electron chi connectivity index (χ4n) is 2.20. The van der Waals surface area contributed by atoms with Crippen molar-refractivity contribution >= 4 is 34.1 Å². The number of aromatic nitrogens is 1. The van der Waals surface area contributed by atoms with Gasteiger partial charge in [0.2, 0.25) is 0 Å². The predicted molar refractivity (Wildman–Crippen MR) is 84.3 cm³/mol. The number of fused-ring (bicyclic) bond motifs is 1. The minimum atomic E-state index is -0.183. The first-order valence-corrected chi connectivity index (χ1v) is 6.78. The molecule has 0 radical (unpaired) electrons. The Morgan fingerprint density at radius 3 is 2.86 bits per heavy atom. The van der Waals surface area contributed by atoms with Crippen LogP contribution in [0.3, 0.4) is 0 Å². The summed E-state index contributed by atoms with van der Waals surface area (Å²) in [5, 5.41) is 4.23. The molecule has 4 nitrogen and oxygen atoms in total. The molecule has 106 valence electrons. The third-order valence-corrected chi connectivity index (χ3v) is 3.56. The number of rotatable bonds is 3. The molecular weight excluding hydrogens is 288 g/mol. The van der Waals surface area contributed by atoms with Crippen molar-refractivity contribution in [1.82, 2.24) is 4.98 Å². The minimum Gasteiger partial charge on any atom is -0.495 e. The van der Waals surface area contributed by atoms with E-state index < -0.39 is 0 Å². The molecule has 21 heavy (non-hydrogen) atoms. The van der Waals surface area contributed by atoms with Gasteiger partial charge in [-0.2, -0.15) is 0 Å². The zero-order chi connectivity index (χ0) is 14.8. The van der Waals surface area contributed by atoms with Gasteiger partial charge in [0.15, 0.2) is 0 Å². The van der Waals surface area contributed by atoms with Crippen LogP contribution >= 0.6 is 11.6 Å². The molecular formula is C16H13ClN2O2. The number of anilines is 1. The molecule has 0 saturated heterocycles. The normalized spacial score (nSPS) is 10.6. The maximum Gasteiger partial charge on any atom is 0.257 e. The lowest BCUT2D eigenvalue weighted by Crippen LogP contribution is -2.11. The average Bonchev–Trinajstić information content (AvgIpc) is 2.93. The van der Waals surface area contributed by atoms with Crippen LogP contribution in [-0.4, -0.2) is 18.0 Å². The van der Waals surface area contributed by atoms with E-state index in [1.807, 2.05) is 24.3 Å². The van der Waals surface area contributed by atoms with Crippen LogP contribution in [0.25, 0.3) is 10.9 Å². The number of benzene rings is 2. The van der Waals surface area contributed by atoms with E-state index in [4.69, 9.17) is 16.3 Å². The quantitative estimate of drug-likeness (QED) is 0.765. The number of methoxy groups -OCH3 is 1. The Kier molecular flexibility index (Phi) is 3.54. The van der Waals surface area contributed by atoms with Gasteiger partial charge in [-0.05, 0) is 18.2 Å². The Labute approximate surface area is 126 Å². The van der Waals surface area contributed by atoms with Crippen LogP contribution in [0.1, 0.15) is 10.4 Å². The SMILES string of the molecule is COc1cc(NC(=O)c2c[nH]c3ccccc23)ccc1Cl. The topological polar surface area (TPSA) is 54.1 Å². The van der Waals surface area contributed by atoms with Crippen LogP contribution in [0.5, 0.6) is 5.75 Å². The van der Waals surface area contributed by atoms with Crippen LogP contribution in [-0.2, 0) is 0 Å². The van der Waals surface area contributed by atoms with Crippen molar-refractivity contribution in [3.8, 4) is 5.75 Å². The monoisotopic (exact) mass is 300 g/mol. The van der Waals surface area contributed by atoms with Crippen molar-refractivity contribution in [1.29, 1.82) is 0 Å². The number of hydrogen-bond acceptors (Lipinski definition) is 2. The summed E-state index contributed by atoms with van der Waals surface area (Å²) < 4.78 is 5.14. The van der Waals surface area contributed by atoms with Crippen molar-refractivity contribution < 1.29 is 9.53 Å². The second-order valence-corrected chi connectivity index (χ2v) is 4.96. The lowest BCUT2D eigenvalue weighted by Gasteiger charge is -2.08. The smallest absolute Gasteiger partial charge is 0.257 e. The van der Waals surface area contributed by atoms with Gasteiger partial charge in [0.1, 0.15) is 5.75 Å². The minimum absolute atomic E-state index is 0.183. The van der Waals surface area contributed by atoms with Crippen molar-refractivity contribution in [2.24, 2.45) is 0 Å². The van der Waals surface area contributed by atoms with Gasteiger partial charge in [-0.15, -0.1) is 0 Å². The summed E-state index contributed by atoms with van der Waals surface area (Å²) in [6.45, 7) is 0. The fourth-order valence-corrected chi connectivity index (χ4v) is 2.39. The molecule has 2 N–H and O–H groups in total. The molecule has 0 unspecified atom stereocenters. The molecule has 3 aromatic rings. The van der Waals surface area contributed by atoms with E-state index in [0.717, 1.165) is 10.9 Å². The number of nitrogens with one attached hydrogen (secondary N) is 2. The average molecular weight is 301 g/mol. The number of carbonyl (C=O) groups is 1. The van der Waals surface area contributed by atoms with Crippen LogP contribution in [0.15, 0.2) is 48.7 Å². The predicted octanol–water partition coefficient (Wildman–Crippen LogP) is 4.08. The molecule has 0 atom stereocenters. The number of carbonyl (C=O) groups excluding carboxylic acids is 1. The molecule has 0 aliphatic carbocycles. The molecule has 1 amide bonds. The maximum atomic E-state index is 12.4. The highest BCUT2D eigenvalue weighted by molar-refractivity contribution is 6.32. The number of hydrogen-bond donors (Lipinski definition) is 2. The van der Waals surface area contributed by atoms with Crippen molar-refractivity contribution in [3.05, 3.63) is 59.2 Å². The Morgan fingerprint density at radius 1 is 1.24 bits per heavy atom. The van der Waals surface area contributed by atoms with Crippen LogP contribution in [0, 0.1) is 0 Å². The lowest BCUT2D eigenvalue weighted by atomic mass is 10.1. The van der Waals surface area contributed by atoms with E-state index in [0.29, 0.717) is 22.0 Å². The molecule has 0 aliphatic rings. The zero-order valence-electron chi connectivity index (χ0n) is 11.3. The summed E-state index contributed by atoms with van der Waals surface area (Å²) >= 11 is 5.97. The molecule has 0 spiro atoms. The van der Waals surface area contributed by atoms with Gasteiger partial charge in [0.05, 0.1) is 17.7 Å².